The van der Waals surface area contributed by atoms with Crippen LogP contribution < -0.4 is 5.32 Å². The lowest BCUT2D eigenvalue weighted by atomic mass is 10.0. The molecule has 1 aliphatic heterocycles. The maximum absolute atomic E-state index is 12.9. The molecule has 1 atom stereocenters. The molecule has 1 unspecified atom stereocenters. The molecule has 4 nitrogen and oxygen atoms in total. The van der Waals surface area contributed by atoms with Crippen molar-refractivity contribution in [2.24, 2.45) is 0 Å². The van der Waals surface area contributed by atoms with Gasteiger partial charge in [-0.3, -0.25) is 4.79 Å². The normalized spacial score (nSPS) is 18.3. The highest BCUT2D eigenvalue weighted by Crippen LogP contribution is 2.22. The number of benzene rings is 2. The number of hydrogen-bond acceptors (Lipinski definition) is 2. The van der Waals surface area contributed by atoms with Gasteiger partial charge in [0.2, 0.25) is 0 Å². The SMILES string of the molecule is O=C(c1c[nH]c2ccccc12)N1CCNC(c2ccccc2)C1. The molecule has 2 heterocycles. The van der Waals surface area contributed by atoms with E-state index >= 15 is 0 Å². The molecule has 4 rings (SSSR count). The van der Waals surface area contributed by atoms with Crippen molar-refractivity contribution in [3.05, 3.63) is 71.9 Å². The zero-order valence-corrected chi connectivity index (χ0v) is 12.8. The van der Waals surface area contributed by atoms with E-state index in [4.69, 9.17) is 0 Å². The third-order valence-electron chi connectivity index (χ3n) is 4.48. The first-order valence-corrected chi connectivity index (χ1v) is 7.96. The van der Waals surface area contributed by atoms with Crippen LogP contribution in [0.4, 0.5) is 0 Å². The van der Waals surface area contributed by atoms with Gasteiger partial charge < -0.3 is 15.2 Å². The van der Waals surface area contributed by atoms with Gasteiger partial charge in [-0.05, 0) is 11.6 Å². The highest BCUT2D eigenvalue weighted by molar-refractivity contribution is 6.06. The molecule has 2 N–H and O–H groups in total. The summed E-state index contributed by atoms with van der Waals surface area (Å²) in [7, 11) is 0. The smallest absolute Gasteiger partial charge is 0.256 e. The quantitative estimate of drug-likeness (QED) is 0.765. The molecular formula is C19H19N3O. The van der Waals surface area contributed by atoms with E-state index in [1.165, 1.54) is 5.56 Å². The molecule has 0 bridgehead atoms. The van der Waals surface area contributed by atoms with Gasteiger partial charge in [0, 0.05) is 42.8 Å². The van der Waals surface area contributed by atoms with Crippen molar-refractivity contribution < 1.29 is 4.79 Å². The fourth-order valence-electron chi connectivity index (χ4n) is 3.26. The summed E-state index contributed by atoms with van der Waals surface area (Å²) in [5.74, 6) is 0.102. The van der Waals surface area contributed by atoms with Crippen LogP contribution in [0.2, 0.25) is 0 Å². The number of H-pyrrole nitrogens is 1. The van der Waals surface area contributed by atoms with Gasteiger partial charge in [-0.2, -0.15) is 0 Å². The topological polar surface area (TPSA) is 48.1 Å². The van der Waals surface area contributed by atoms with Crippen molar-refractivity contribution in [1.29, 1.82) is 0 Å². The van der Waals surface area contributed by atoms with Crippen LogP contribution in [0.25, 0.3) is 10.9 Å². The summed E-state index contributed by atoms with van der Waals surface area (Å²) in [6.45, 7) is 2.25. The first kappa shape index (κ1) is 14.0. The van der Waals surface area contributed by atoms with E-state index in [-0.39, 0.29) is 11.9 Å². The van der Waals surface area contributed by atoms with E-state index in [0.717, 1.165) is 29.6 Å². The number of nitrogens with one attached hydrogen (secondary N) is 2. The lowest BCUT2D eigenvalue weighted by Gasteiger charge is -2.34. The van der Waals surface area contributed by atoms with E-state index in [0.29, 0.717) is 6.54 Å². The Kier molecular flexibility index (Phi) is 3.60. The lowest BCUT2D eigenvalue weighted by Crippen LogP contribution is -2.48. The fourth-order valence-corrected chi connectivity index (χ4v) is 3.26. The summed E-state index contributed by atoms with van der Waals surface area (Å²) in [5.41, 5.74) is 2.99. The van der Waals surface area contributed by atoms with Crippen molar-refractivity contribution in [2.45, 2.75) is 6.04 Å². The Bertz CT molecular complexity index is 825. The van der Waals surface area contributed by atoms with E-state index in [1.54, 1.807) is 0 Å². The predicted molar refractivity (Wildman–Crippen MR) is 91.4 cm³/mol. The molecule has 1 saturated heterocycles. The van der Waals surface area contributed by atoms with E-state index in [2.05, 4.69) is 22.4 Å². The van der Waals surface area contributed by atoms with Crippen molar-refractivity contribution in [3.63, 3.8) is 0 Å². The molecule has 1 amide bonds. The Labute approximate surface area is 135 Å². The molecule has 1 fully saturated rings. The Balaban J connectivity index is 1.59. The molecule has 0 spiro atoms. The molecule has 2 aromatic carbocycles. The molecule has 0 aliphatic carbocycles. The van der Waals surface area contributed by atoms with Crippen LogP contribution in [-0.4, -0.2) is 35.4 Å². The number of fused-ring (bicyclic) bond motifs is 1. The van der Waals surface area contributed by atoms with Crippen LogP contribution in [-0.2, 0) is 0 Å². The monoisotopic (exact) mass is 305 g/mol. The average Bonchev–Trinajstić information content (AvgIpc) is 3.06. The van der Waals surface area contributed by atoms with Gasteiger partial charge in [0.05, 0.1) is 5.56 Å². The molecule has 23 heavy (non-hydrogen) atoms. The van der Waals surface area contributed by atoms with Crippen molar-refractivity contribution in [1.82, 2.24) is 15.2 Å². The van der Waals surface area contributed by atoms with E-state index < -0.39 is 0 Å². The van der Waals surface area contributed by atoms with Crippen LogP contribution in [0.1, 0.15) is 22.0 Å². The number of carbonyl (C=O) groups excluding carboxylic acids is 1. The standard InChI is InChI=1S/C19H19N3O/c23-19(16-12-21-17-9-5-4-8-15(16)17)22-11-10-20-18(13-22)14-6-2-1-3-7-14/h1-9,12,18,20-21H,10-11,13H2. The van der Waals surface area contributed by atoms with Crippen molar-refractivity contribution in [3.8, 4) is 0 Å². The van der Waals surface area contributed by atoms with Crippen LogP contribution in [0.3, 0.4) is 0 Å². The Hall–Kier alpha value is -2.59. The number of aromatic nitrogens is 1. The van der Waals surface area contributed by atoms with Crippen LogP contribution in [0.15, 0.2) is 60.8 Å². The first-order valence-electron chi connectivity index (χ1n) is 7.96. The zero-order chi connectivity index (χ0) is 15.6. The second-order valence-corrected chi connectivity index (χ2v) is 5.92. The predicted octanol–water partition coefficient (Wildman–Crippen LogP) is 2.95. The van der Waals surface area contributed by atoms with Gasteiger partial charge in [0.15, 0.2) is 0 Å². The molecule has 0 radical (unpaired) electrons. The van der Waals surface area contributed by atoms with Crippen LogP contribution in [0, 0.1) is 0 Å². The summed E-state index contributed by atoms with van der Waals surface area (Å²) in [6, 6.07) is 18.4. The minimum absolute atomic E-state index is 0.102. The number of hydrogen-bond donors (Lipinski definition) is 2. The molecule has 3 aromatic rings. The van der Waals surface area contributed by atoms with Gasteiger partial charge >= 0.3 is 0 Å². The highest BCUT2D eigenvalue weighted by atomic mass is 16.2. The third kappa shape index (κ3) is 2.62. The van der Waals surface area contributed by atoms with Gasteiger partial charge in [0.25, 0.3) is 5.91 Å². The van der Waals surface area contributed by atoms with Crippen LogP contribution >= 0.6 is 0 Å². The Morgan fingerprint density at radius 1 is 1.04 bits per heavy atom. The molecule has 1 aromatic heterocycles. The number of amides is 1. The Morgan fingerprint density at radius 3 is 2.70 bits per heavy atom. The number of aromatic amines is 1. The molecule has 116 valence electrons. The maximum Gasteiger partial charge on any atom is 0.256 e. The molecule has 1 aliphatic rings. The molecule has 4 heteroatoms. The minimum Gasteiger partial charge on any atom is -0.360 e. The van der Waals surface area contributed by atoms with Crippen molar-refractivity contribution >= 4 is 16.8 Å². The lowest BCUT2D eigenvalue weighted by molar-refractivity contribution is 0.0705. The van der Waals surface area contributed by atoms with Gasteiger partial charge in [0.1, 0.15) is 0 Å². The van der Waals surface area contributed by atoms with Crippen molar-refractivity contribution in [2.75, 3.05) is 19.6 Å². The van der Waals surface area contributed by atoms with Gasteiger partial charge in [-0.15, -0.1) is 0 Å². The third-order valence-corrected chi connectivity index (χ3v) is 4.48. The van der Waals surface area contributed by atoms with Crippen LogP contribution in [0.5, 0.6) is 0 Å². The maximum atomic E-state index is 12.9. The largest absolute Gasteiger partial charge is 0.360 e. The summed E-state index contributed by atoms with van der Waals surface area (Å²) < 4.78 is 0. The zero-order valence-electron chi connectivity index (χ0n) is 12.8. The number of carbonyl (C=O) groups is 1. The summed E-state index contributed by atoms with van der Waals surface area (Å²) in [6.07, 6.45) is 1.83. The fraction of sp³-hybridized carbons (Fsp3) is 0.211. The molecular weight excluding hydrogens is 286 g/mol. The number of rotatable bonds is 2. The Morgan fingerprint density at radius 2 is 1.83 bits per heavy atom. The van der Waals surface area contributed by atoms with E-state index in [9.17, 15) is 4.79 Å². The molecule has 0 saturated carbocycles. The summed E-state index contributed by atoms with van der Waals surface area (Å²) >= 11 is 0. The summed E-state index contributed by atoms with van der Waals surface area (Å²) in [4.78, 5) is 18.1. The average molecular weight is 305 g/mol. The minimum atomic E-state index is 0.102. The second kappa shape index (κ2) is 5.89. The highest BCUT2D eigenvalue weighted by Gasteiger charge is 2.26. The van der Waals surface area contributed by atoms with E-state index in [1.807, 2.05) is 53.6 Å². The number of piperazine rings is 1. The van der Waals surface area contributed by atoms with Gasteiger partial charge in [-0.1, -0.05) is 48.5 Å². The summed E-state index contributed by atoms with van der Waals surface area (Å²) in [5, 5.41) is 4.49. The number of para-hydroxylation sites is 1. The number of nitrogens with zero attached hydrogens (tertiary/aromatic N) is 1. The van der Waals surface area contributed by atoms with Gasteiger partial charge in [-0.25, -0.2) is 0 Å². The second-order valence-electron chi connectivity index (χ2n) is 5.92. The first-order chi connectivity index (χ1) is 11.3.